The van der Waals surface area contributed by atoms with Crippen molar-refractivity contribution < 1.29 is 23.9 Å². The lowest BCUT2D eigenvalue weighted by atomic mass is 9.81. The Morgan fingerprint density at radius 3 is 2.41 bits per heavy atom. The molecule has 176 valence electrons. The molecule has 1 heterocycles. The number of amides is 2. The minimum Gasteiger partial charge on any atom is -0.497 e. The third-order valence-corrected chi connectivity index (χ3v) is 6.04. The summed E-state index contributed by atoms with van der Waals surface area (Å²) in [5.41, 5.74) is 4.96. The second-order valence-electron chi connectivity index (χ2n) is 7.86. The molecule has 1 fully saturated rings. The predicted octanol–water partition coefficient (Wildman–Crippen LogP) is 4.30. The van der Waals surface area contributed by atoms with Crippen molar-refractivity contribution >= 4 is 23.4 Å². The number of likely N-dealkylation sites (tertiary alicyclic amines) is 1. The molecule has 1 saturated heterocycles. The molecule has 7 nitrogen and oxygen atoms in total. The zero-order valence-corrected chi connectivity index (χ0v) is 19.6. The van der Waals surface area contributed by atoms with Crippen molar-refractivity contribution in [2.45, 2.75) is 19.2 Å². The van der Waals surface area contributed by atoms with Crippen LogP contribution in [-0.4, -0.2) is 30.9 Å². The molecule has 1 aliphatic heterocycles. The van der Waals surface area contributed by atoms with E-state index < -0.39 is 17.9 Å². The molecule has 3 aromatic carbocycles. The maximum atomic E-state index is 13.1. The van der Waals surface area contributed by atoms with Gasteiger partial charge in [-0.25, -0.2) is 5.48 Å². The minimum atomic E-state index is -0.916. The van der Waals surface area contributed by atoms with Crippen LogP contribution in [0.5, 0.6) is 11.5 Å². The van der Waals surface area contributed by atoms with Crippen LogP contribution >= 0.6 is 11.6 Å². The largest absolute Gasteiger partial charge is 0.497 e. The number of carbonyl (C=O) groups is 2. The van der Waals surface area contributed by atoms with Gasteiger partial charge < -0.3 is 14.4 Å². The van der Waals surface area contributed by atoms with Crippen molar-refractivity contribution in [1.29, 1.82) is 0 Å². The van der Waals surface area contributed by atoms with Crippen molar-refractivity contribution in [3.8, 4) is 11.5 Å². The second-order valence-corrected chi connectivity index (χ2v) is 8.29. The highest BCUT2D eigenvalue weighted by Gasteiger charge is 2.52. The van der Waals surface area contributed by atoms with E-state index in [1.54, 1.807) is 43.4 Å². The van der Waals surface area contributed by atoms with Crippen LogP contribution < -0.4 is 15.0 Å². The van der Waals surface area contributed by atoms with E-state index in [0.717, 1.165) is 16.7 Å². The van der Waals surface area contributed by atoms with Gasteiger partial charge in [0.25, 0.3) is 5.91 Å². The summed E-state index contributed by atoms with van der Waals surface area (Å²) in [4.78, 5) is 33.1. The van der Waals surface area contributed by atoms with Crippen LogP contribution in [0.2, 0.25) is 5.02 Å². The highest BCUT2D eigenvalue weighted by Crippen LogP contribution is 2.42. The SMILES string of the molecule is COc1ccc(CN2C(=O)C(C(=O)NOCc3ccccc3)C2c2ccc(Cl)cc2)c(OC)c1. The first-order valence-electron chi connectivity index (χ1n) is 10.7. The van der Waals surface area contributed by atoms with Gasteiger partial charge in [0.05, 0.1) is 26.9 Å². The zero-order chi connectivity index (χ0) is 24.1. The number of halogens is 1. The Bertz CT molecular complexity index is 1150. The van der Waals surface area contributed by atoms with E-state index in [4.69, 9.17) is 25.9 Å². The summed E-state index contributed by atoms with van der Waals surface area (Å²) in [6, 6.07) is 21.5. The minimum absolute atomic E-state index is 0.200. The third-order valence-electron chi connectivity index (χ3n) is 5.78. The molecule has 0 spiro atoms. The van der Waals surface area contributed by atoms with Crippen LogP contribution in [0.15, 0.2) is 72.8 Å². The Kier molecular flexibility index (Phi) is 7.35. The van der Waals surface area contributed by atoms with Gasteiger partial charge in [-0.1, -0.05) is 54.1 Å². The fourth-order valence-corrected chi connectivity index (χ4v) is 4.13. The fourth-order valence-electron chi connectivity index (χ4n) is 4.01. The molecule has 2 unspecified atom stereocenters. The van der Waals surface area contributed by atoms with Gasteiger partial charge in [-0.05, 0) is 35.4 Å². The molecule has 2 atom stereocenters. The van der Waals surface area contributed by atoms with E-state index in [1.165, 1.54) is 0 Å². The lowest BCUT2D eigenvalue weighted by Crippen LogP contribution is -2.59. The number of hydroxylamine groups is 1. The Morgan fingerprint density at radius 1 is 1.00 bits per heavy atom. The van der Waals surface area contributed by atoms with Crippen molar-refractivity contribution in [1.82, 2.24) is 10.4 Å². The molecular formula is C26H25ClN2O5. The number of nitrogens with one attached hydrogen (secondary N) is 1. The number of nitrogens with zero attached hydrogens (tertiary/aromatic N) is 1. The molecule has 1 N–H and O–H groups in total. The standard InChI is InChI=1S/C26H25ClN2O5/c1-32-21-13-10-19(22(14-21)33-2)15-29-24(18-8-11-20(27)12-9-18)23(26(29)31)25(30)28-34-16-17-6-4-3-5-7-17/h3-14,23-24H,15-16H2,1-2H3,(H,28,30). The van der Waals surface area contributed by atoms with Crippen molar-refractivity contribution in [3.05, 3.63) is 94.5 Å². The number of methoxy groups -OCH3 is 2. The van der Waals surface area contributed by atoms with Crippen molar-refractivity contribution in [2.75, 3.05) is 14.2 Å². The number of hydrogen-bond donors (Lipinski definition) is 1. The van der Waals surface area contributed by atoms with E-state index in [9.17, 15) is 9.59 Å². The van der Waals surface area contributed by atoms with Crippen LogP contribution in [0, 0.1) is 5.92 Å². The molecule has 1 aliphatic rings. The van der Waals surface area contributed by atoms with Crippen LogP contribution in [0.25, 0.3) is 0 Å². The van der Waals surface area contributed by atoms with Crippen molar-refractivity contribution in [3.63, 3.8) is 0 Å². The van der Waals surface area contributed by atoms with Gasteiger partial charge in [0.2, 0.25) is 5.91 Å². The van der Waals surface area contributed by atoms with E-state index in [2.05, 4.69) is 5.48 Å². The summed E-state index contributed by atoms with van der Waals surface area (Å²) in [6.07, 6.45) is 0. The summed E-state index contributed by atoms with van der Waals surface area (Å²) in [6.45, 7) is 0.472. The van der Waals surface area contributed by atoms with Crippen LogP contribution in [0.4, 0.5) is 0 Å². The Balaban J connectivity index is 1.52. The van der Waals surface area contributed by atoms with Gasteiger partial charge in [-0.15, -0.1) is 0 Å². The molecule has 0 aromatic heterocycles. The number of ether oxygens (including phenoxy) is 2. The number of benzene rings is 3. The Morgan fingerprint density at radius 2 is 1.74 bits per heavy atom. The molecule has 4 rings (SSSR count). The summed E-state index contributed by atoms with van der Waals surface area (Å²) in [5.74, 6) is -0.447. The topological polar surface area (TPSA) is 77.1 Å². The van der Waals surface area contributed by atoms with E-state index in [0.29, 0.717) is 16.5 Å². The van der Waals surface area contributed by atoms with Gasteiger partial charge in [0.15, 0.2) is 0 Å². The maximum absolute atomic E-state index is 13.1. The van der Waals surface area contributed by atoms with Crippen LogP contribution in [-0.2, 0) is 27.6 Å². The number of hydrogen-bond acceptors (Lipinski definition) is 5. The summed E-state index contributed by atoms with van der Waals surface area (Å²) in [7, 11) is 3.14. The van der Waals surface area contributed by atoms with Gasteiger partial charge in [-0.2, -0.15) is 0 Å². The van der Waals surface area contributed by atoms with Crippen LogP contribution in [0.1, 0.15) is 22.7 Å². The number of carbonyl (C=O) groups excluding carboxylic acids is 2. The fraction of sp³-hybridized carbons (Fsp3) is 0.231. The third kappa shape index (κ3) is 5.00. The van der Waals surface area contributed by atoms with Gasteiger partial charge in [0.1, 0.15) is 17.4 Å². The molecule has 0 bridgehead atoms. The van der Waals surface area contributed by atoms with Gasteiger partial charge in [0, 0.05) is 23.2 Å². The molecule has 0 aliphatic carbocycles. The molecule has 0 radical (unpaired) electrons. The molecule has 0 saturated carbocycles. The first-order chi connectivity index (χ1) is 16.5. The number of β-lactam (4-membered cyclic amide) rings is 1. The lowest BCUT2D eigenvalue weighted by molar-refractivity contribution is -0.169. The highest BCUT2D eigenvalue weighted by molar-refractivity contribution is 6.30. The molecular weight excluding hydrogens is 456 g/mol. The smallest absolute Gasteiger partial charge is 0.258 e. The first kappa shape index (κ1) is 23.6. The molecule has 34 heavy (non-hydrogen) atoms. The summed E-state index contributed by atoms with van der Waals surface area (Å²) >= 11 is 6.06. The predicted molar refractivity (Wildman–Crippen MR) is 127 cm³/mol. The van der Waals surface area contributed by atoms with Crippen LogP contribution in [0.3, 0.4) is 0 Å². The molecule has 3 aromatic rings. The molecule has 8 heteroatoms. The van der Waals surface area contributed by atoms with E-state index >= 15 is 0 Å². The Labute approximate surface area is 203 Å². The summed E-state index contributed by atoms with van der Waals surface area (Å²) in [5, 5.41) is 0.574. The summed E-state index contributed by atoms with van der Waals surface area (Å²) < 4.78 is 10.7. The lowest BCUT2D eigenvalue weighted by Gasteiger charge is -2.46. The second kappa shape index (κ2) is 10.6. The first-order valence-corrected chi connectivity index (χ1v) is 11.1. The zero-order valence-electron chi connectivity index (χ0n) is 18.9. The monoisotopic (exact) mass is 480 g/mol. The number of rotatable bonds is 9. The average Bonchev–Trinajstić information content (AvgIpc) is 2.86. The quantitative estimate of drug-likeness (QED) is 0.280. The average molecular weight is 481 g/mol. The maximum Gasteiger partial charge on any atom is 0.258 e. The molecule has 2 amide bonds. The van der Waals surface area contributed by atoms with Gasteiger partial charge >= 0.3 is 0 Å². The normalized spacial score (nSPS) is 17.1. The van der Waals surface area contributed by atoms with Crippen molar-refractivity contribution in [2.24, 2.45) is 5.92 Å². The highest BCUT2D eigenvalue weighted by atomic mass is 35.5. The van der Waals surface area contributed by atoms with E-state index in [1.807, 2.05) is 48.5 Å². The van der Waals surface area contributed by atoms with Gasteiger partial charge in [-0.3, -0.25) is 14.4 Å². The van der Waals surface area contributed by atoms with E-state index in [-0.39, 0.29) is 19.1 Å². The Hall–Kier alpha value is -3.55.